The molecule has 1 aromatic carbocycles. The molecule has 1 aromatic rings. The van der Waals surface area contributed by atoms with Crippen molar-refractivity contribution in [3.8, 4) is 0 Å². The van der Waals surface area contributed by atoms with Gasteiger partial charge in [0, 0.05) is 0 Å². The van der Waals surface area contributed by atoms with E-state index in [0.29, 0.717) is 5.41 Å². The van der Waals surface area contributed by atoms with E-state index in [9.17, 15) is 0 Å². The Bertz CT molecular complexity index is 313. The predicted octanol–water partition coefficient (Wildman–Crippen LogP) is 9.22. The molecule has 0 saturated heterocycles. The maximum Gasteiger partial charge on any atom is -0.0398 e. The summed E-state index contributed by atoms with van der Waals surface area (Å²) >= 11 is 0. The summed E-state index contributed by atoms with van der Waals surface area (Å²) in [5.74, 6) is 0.986. The van der Waals surface area contributed by atoms with Gasteiger partial charge in [-0.3, -0.25) is 0 Å². The standard InChI is InChI=1S/C7H8.C7H16.C6H12.C5H12/c1-7-5-3-2-4-6-7;1-4-7(5-2)6-3;1-2-4-6-5-3-1;1-5(2,3)4/h2-6H,1H3;7H,4-6H2,1-3H3;1-6H2;1-4H3. The number of hydrogen-bond donors (Lipinski definition) is 0. The first-order chi connectivity index (χ1) is 11.7. The summed E-state index contributed by atoms with van der Waals surface area (Å²) < 4.78 is 0. The third-order valence-electron chi connectivity index (χ3n) is 4.17. The van der Waals surface area contributed by atoms with Crippen LogP contribution in [-0.4, -0.2) is 0 Å². The van der Waals surface area contributed by atoms with Crippen molar-refractivity contribution >= 4 is 0 Å². The predicted molar refractivity (Wildman–Crippen MR) is 118 cm³/mol. The third-order valence-corrected chi connectivity index (χ3v) is 4.17. The molecule has 148 valence electrons. The fraction of sp³-hybridized carbons (Fsp3) is 0.760. The monoisotopic (exact) mass is 348 g/mol. The average molecular weight is 349 g/mol. The van der Waals surface area contributed by atoms with Crippen LogP contribution in [0.25, 0.3) is 0 Å². The average Bonchev–Trinajstić information content (AvgIpc) is 2.58. The molecule has 0 nitrogen and oxygen atoms in total. The fourth-order valence-electron chi connectivity index (χ4n) is 2.46. The molecule has 1 aliphatic carbocycles. The second kappa shape index (κ2) is 18.0. The molecule has 0 N–H and O–H groups in total. The molecule has 1 saturated carbocycles. The van der Waals surface area contributed by atoms with Crippen LogP contribution in [0.4, 0.5) is 0 Å². The van der Waals surface area contributed by atoms with E-state index in [1.54, 1.807) is 0 Å². The van der Waals surface area contributed by atoms with E-state index >= 15 is 0 Å². The van der Waals surface area contributed by atoms with Gasteiger partial charge in [-0.1, -0.05) is 142 Å². The first-order valence-electron chi connectivity index (χ1n) is 10.8. The Hall–Kier alpha value is -0.780. The first-order valence-corrected chi connectivity index (χ1v) is 10.8. The van der Waals surface area contributed by atoms with Crippen molar-refractivity contribution in [2.24, 2.45) is 11.3 Å². The molecule has 1 aliphatic rings. The normalized spacial score (nSPS) is 13.5. The zero-order valence-corrected chi connectivity index (χ0v) is 18.8. The number of hydrogen-bond acceptors (Lipinski definition) is 0. The van der Waals surface area contributed by atoms with Crippen molar-refractivity contribution < 1.29 is 0 Å². The van der Waals surface area contributed by atoms with Gasteiger partial charge in [-0.2, -0.15) is 0 Å². The molecule has 0 atom stereocenters. The van der Waals surface area contributed by atoms with Gasteiger partial charge < -0.3 is 0 Å². The molecule has 25 heavy (non-hydrogen) atoms. The van der Waals surface area contributed by atoms with Crippen LogP contribution in [0.1, 0.15) is 112 Å². The molecule has 0 amide bonds. The lowest BCUT2D eigenvalue weighted by atomic mass is 10.0. The van der Waals surface area contributed by atoms with Crippen molar-refractivity contribution in [1.82, 2.24) is 0 Å². The van der Waals surface area contributed by atoms with Crippen LogP contribution in [-0.2, 0) is 0 Å². The molecule has 0 aliphatic heterocycles. The Morgan fingerprint density at radius 3 is 1.08 bits per heavy atom. The minimum absolute atomic E-state index is 0.500. The highest BCUT2D eigenvalue weighted by molar-refractivity contribution is 5.11. The summed E-state index contributed by atoms with van der Waals surface area (Å²) in [5, 5.41) is 0. The summed E-state index contributed by atoms with van der Waals surface area (Å²) in [7, 11) is 0. The van der Waals surface area contributed by atoms with Crippen LogP contribution in [0.2, 0.25) is 0 Å². The smallest absolute Gasteiger partial charge is 0.0398 e. The summed E-state index contributed by atoms with van der Waals surface area (Å²) in [6.45, 7) is 17.6. The second-order valence-electron chi connectivity index (χ2n) is 8.87. The lowest BCUT2D eigenvalue weighted by Crippen LogP contribution is -1.93. The zero-order valence-electron chi connectivity index (χ0n) is 18.8. The molecule has 0 aromatic heterocycles. The highest BCUT2D eigenvalue weighted by Crippen LogP contribution is 2.15. The molecule has 0 heterocycles. The van der Waals surface area contributed by atoms with Crippen molar-refractivity contribution in [3.63, 3.8) is 0 Å². The van der Waals surface area contributed by atoms with Gasteiger partial charge in [-0.15, -0.1) is 0 Å². The maximum absolute atomic E-state index is 2.26. The number of aryl methyl sites for hydroxylation is 1. The van der Waals surface area contributed by atoms with E-state index in [4.69, 9.17) is 0 Å². The van der Waals surface area contributed by atoms with E-state index in [2.05, 4.69) is 67.5 Å². The molecule has 0 bridgehead atoms. The molecule has 2 rings (SSSR count). The first kappa shape index (κ1) is 26.4. The van der Waals surface area contributed by atoms with E-state index in [-0.39, 0.29) is 0 Å². The van der Waals surface area contributed by atoms with E-state index in [1.165, 1.54) is 63.4 Å². The molecule has 0 radical (unpaired) electrons. The molecular weight excluding hydrogens is 300 g/mol. The Morgan fingerprint density at radius 2 is 0.960 bits per heavy atom. The van der Waals surface area contributed by atoms with E-state index in [1.807, 2.05) is 18.2 Å². The third kappa shape index (κ3) is 28.3. The van der Waals surface area contributed by atoms with Crippen LogP contribution in [0, 0.1) is 18.3 Å². The van der Waals surface area contributed by atoms with Gasteiger partial charge in [0.1, 0.15) is 0 Å². The van der Waals surface area contributed by atoms with Gasteiger partial charge in [0.2, 0.25) is 0 Å². The second-order valence-corrected chi connectivity index (χ2v) is 8.87. The van der Waals surface area contributed by atoms with E-state index in [0.717, 1.165) is 5.92 Å². The van der Waals surface area contributed by atoms with Gasteiger partial charge in [0.05, 0.1) is 0 Å². The molecule has 0 spiro atoms. The van der Waals surface area contributed by atoms with Gasteiger partial charge in [-0.25, -0.2) is 0 Å². The molecule has 1 fully saturated rings. The molecule has 0 heteroatoms. The Labute approximate surface area is 160 Å². The van der Waals surface area contributed by atoms with Gasteiger partial charge in [0.25, 0.3) is 0 Å². The minimum atomic E-state index is 0.500. The van der Waals surface area contributed by atoms with Crippen molar-refractivity contribution in [3.05, 3.63) is 35.9 Å². The summed E-state index contributed by atoms with van der Waals surface area (Å²) in [6.07, 6.45) is 13.1. The van der Waals surface area contributed by atoms with Crippen LogP contribution >= 0.6 is 0 Å². The summed E-state index contributed by atoms with van der Waals surface area (Å²) in [4.78, 5) is 0. The van der Waals surface area contributed by atoms with Crippen molar-refractivity contribution in [2.45, 2.75) is 113 Å². The van der Waals surface area contributed by atoms with Crippen LogP contribution in [0.5, 0.6) is 0 Å². The highest BCUT2D eigenvalue weighted by Gasteiger charge is 1.96. The van der Waals surface area contributed by atoms with Crippen molar-refractivity contribution in [1.29, 1.82) is 0 Å². The van der Waals surface area contributed by atoms with Crippen LogP contribution in [0.3, 0.4) is 0 Å². The highest BCUT2D eigenvalue weighted by atomic mass is 14.0. The van der Waals surface area contributed by atoms with Crippen molar-refractivity contribution in [2.75, 3.05) is 0 Å². The van der Waals surface area contributed by atoms with Gasteiger partial charge in [-0.05, 0) is 18.3 Å². The zero-order chi connectivity index (χ0) is 19.6. The van der Waals surface area contributed by atoms with Gasteiger partial charge in [0.15, 0.2) is 0 Å². The summed E-state index contributed by atoms with van der Waals surface area (Å²) in [5.41, 5.74) is 1.82. The quantitative estimate of drug-likeness (QED) is 0.510. The maximum atomic E-state index is 2.26. The topological polar surface area (TPSA) is 0 Å². The SMILES string of the molecule is C1CCCCC1.CC(C)(C)C.CCC(CC)CC.Cc1ccccc1. The molecule has 0 unspecified atom stereocenters. The largest absolute Gasteiger partial charge is 0.0651 e. The Kier molecular flexibility index (Phi) is 19.1. The molecular formula is C25H48. The lowest BCUT2D eigenvalue weighted by Gasteiger charge is -2.05. The Balaban J connectivity index is 0. The van der Waals surface area contributed by atoms with Crippen LogP contribution in [0.15, 0.2) is 30.3 Å². The van der Waals surface area contributed by atoms with Gasteiger partial charge >= 0.3 is 0 Å². The Morgan fingerprint density at radius 1 is 0.680 bits per heavy atom. The number of rotatable bonds is 3. The summed E-state index contributed by atoms with van der Waals surface area (Å²) in [6, 6.07) is 10.3. The fourth-order valence-corrected chi connectivity index (χ4v) is 2.46. The van der Waals surface area contributed by atoms with Crippen LogP contribution < -0.4 is 0 Å². The lowest BCUT2D eigenvalue weighted by molar-refractivity contribution is 0.469. The number of benzene rings is 1. The van der Waals surface area contributed by atoms with E-state index < -0.39 is 0 Å². The minimum Gasteiger partial charge on any atom is -0.0651 e.